The predicted octanol–water partition coefficient (Wildman–Crippen LogP) is 4.78. The molecule has 1 N–H and O–H groups in total. The van der Waals surface area contributed by atoms with Gasteiger partial charge in [0.15, 0.2) is 0 Å². The summed E-state index contributed by atoms with van der Waals surface area (Å²) in [6, 6.07) is 6.74. The van der Waals surface area contributed by atoms with E-state index < -0.39 is 6.43 Å². The standard InChI is InChI=1S/C16H20F2N2O/c1-4-7-19-14-9-15(16(17)18)20-13-6-5-11(8-12(13)14)21-10(2)3/h5-6,8-10,16H,4,7H2,1-3H3,(H,19,20). The summed E-state index contributed by atoms with van der Waals surface area (Å²) in [5.74, 6) is 0.712. The highest BCUT2D eigenvalue weighted by molar-refractivity contribution is 5.92. The van der Waals surface area contributed by atoms with Gasteiger partial charge in [-0.05, 0) is 44.5 Å². The van der Waals surface area contributed by atoms with Gasteiger partial charge in [0.25, 0.3) is 6.43 Å². The highest BCUT2D eigenvalue weighted by Gasteiger charge is 2.14. The Hall–Kier alpha value is -1.91. The van der Waals surface area contributed by atoms with Crippen LogP contribution >= 0.6 is 0 Å². The van der Waals surface area contributed by atoms with E-state index in [1.807, 2.05) is 26.8 Å². The largest absolute Gasteiger partial charge is 0.491 e. The minimum absolute atomic E-state index is 0.0581. The predicted molar refractivity (Wildman–Crippen MR) is 81.2 cm³/mol. The first-order valence-corrected chi connectivity index (χ1v) is 7.14. The fourth-order valence-electron chi connectivity index (χ4n) is 2.09. The first-order valence-electron chi connectivity index (χ1n) is 7.14. The number of nitrogens with one attached hydrogen (secondary N) is 1. The summed E-state index contributed by atoms with van der Waals surface area (Å²) in [7, 11) is 0. The van der Waals surface area contributed by atoms with E-state index >= 15 is 0 Å². The molecule has 0 atom stereocenters. The molecule has 1 aromatic carbocycles. The number of rotatable bonds is 6. The Bertz CT molecular complexity index is 614. The number of hydrogen-bond donors (Lipinski definition) is 1. The van der Waals surface area contributed by atoms with Crippen molar-refractivity contribution in [3.8, 4) is 5.75 Å². The van der Waals surface area contributed by atoms with Crippen molar-refractivity contribution in [3.63, 3.8) is 0 Å². The molecule has 21 heavy (non-hydrogen) atoms. The van der Waals surface area contributed by atoms with E-state index in [1.54, 1.807) is 12.1 Å². The summed E-state index contributed by atoms with van der Waals surface area (Å²) < 4.78 is 31.5. The van der Waals surface area contributed by atoms with E-state index in [9.17, 15) is 8.78 Å². The summed E-state index contributed by atoms with van der Waals surface area (Å²) in [6.45, 7) is 6.63. The lowest BCUT2D eigenvalue weighted by Gasteiger charge is -2.14. The molecule has 1 aromatic heterocycles. The van der Waals surface area contributed by atoms with Crippen LogP contribution in [0, 0.1) is 0 Å². The summed E-state index contributed by atoms with van der Waals surface area (Å²) in [5, 5.41) is 3.98. The van der Waals surface area contributed by atoms with E-state index in [2.05, 4.69) is 10.3 Å². The Morgan fingerprint density at radius 1 is 1.24 bits per heavy atom. The third-order valence-corrected chi connectivity index (χ3v) is 2.96. The van der Waals surface area contributed by atoms with Gasteiger partial charge in [-0.1, -0.05) is 6.92 Å². The van der Waals surface area contributed by atoms with Gasteiger partial charge in [0.2, 0.25) is 0 Å². The van der Waals surface area contributed by atoms with Crippen LogP contribution in [0.1, 0.15) is 39.3 Å². The van der Waals surface area contributed by atoms with Gasteiger partial charge >= 0.3 is 0 Å². The molecule has 0 aliphatic carbocycles. The van der Waals surface area contributed by atoms with Gasteiger partial charge in [-0.15, -0.1) is 0 Å². The minimum atomic E-state index is -2.58. The molecule has 0 bridgehead atoms. The number of alkyl halides is 2. The molecule has 0 saturated heterocycles. The lowest BCUT2D eigenvalue weighted by Crippen LogP contribution is -2.06. The van der Waals surface area contributed by atoms with E-state index in [1.165, 1.54) is 6.07 Å². The van der Waals surface area contributed by atoms with Gasteiger partial charge in [0, 0.05) is 17.6 Å². The van der Waals surface area contributed by atoms with Crippen LogP contribution < -0.4 is 10.1 Å². The highest BCUT2D eigenvalue weighted by Crippen LogP contribution is 2.30. The van der Waals surface area contributed by atoms with Gasteiger partial charge < -0.3 is 10.1 Å². The summed E-state index contributed by atoms with van der Waals surface area (Å²) in [4.78, 5) is 4.02. The molecule has 3 nitrogen and oxygen atoms in total. The average molecular weight is 294 g/mol. The van der Waals surface area contributed by atoms with Crippen molar-refractivity contribution in [3.05, 3.63) is 30.0 Å². The molecule has 1 heterocycles. The summed E-state index contributed by atoms with van der Waals surface area (Å²) in [5.41, 5.74) is 1.01. The van der Waals surface area contributed by atoms with Crippen LogP contribution in [0.4, 0.5) is 14.5 Å². The van der Waals surface area contributed by atoms with Gasteiger partial charge in [-0.3, -0.25) is 0 Å². The van der Waals surface area contributed by atoms with Crippen LogP contribution in [0.2, 0.25) is 0 Å². The van der Waals surface area contributed by atoms with Gasteiger partial charge in [0.1, 0.15) is 11.4 Å². The number of hydrogen-bond acceptors (Lipinski definition) is 3. The van der Waals surface area contributed by atoms with Crippen LogP contribution in [0.3, 0.4) is 0 Å². The summed E-state index contributed by atoms with van der Waals surface area (Å²) >= 11 is 0. The van der Waals surface area contributed by atoms with Crippen molar-refractivity contribution in [1.29, 1.82) is 0 Å². The molecule has 0 radical (unpaired) electrons. The molecule has 0 spiro atoms. The maximum absolute atomic E-state index is 12.9. The van der Waals surface area contributed by atoms with Crippen LogP contribution in [0.5, 0.6) is 5.75 Å². The average Bonchev–Trinajstić information content (AvgIpc) is 2.43. The monoisotopic (exact) mass is 294 g/mol. The lowest BCUT2D eigenvalue weighted by molar-refractivity contribution is 0.146. The van der Waals surface area contributed by atoms with Gasteiger partial charge in [-0.25, -0.2) is 13.8 Å². The molecule has 0 aliphatic rings. The molecule has 0 aliphatic heterocycles. The van der Waals surface area contributed by atoms with Crippen molar-refractivity contribution in [2.24, 2.45) is 0 Å². The number of ether oxygens (including phenoxy) is 1. The fourth-order valence-corrected chi connectivity index (χ4v) is 2.09. The second-order valence-electron chi connectivity index (χ2n) is 5.17. The maximum atomic E-state index is 12.9. The molecule has 0 saturated carbocycles. The topological polar surface area (TPSA) is 34.2 Å². The van der Waals surface area contributed by atoms with Crippen LogP contribution in [-0.2, 0) is 0 Å². The number of fused-ring (bicyclic) bond motifs is 1. The molecular formula is C16H20F2N2O. The van der Waals surface area contributed by atoms with Crippen LogP contribution in [-0.4, -0.2) is 17.6 Å². The minimum Gasteiger partial charge on any atom is -0.491 e. The van der Waals surface area contributed by atoms with E-state index in [-0.39, 0.29) is 11.8 Å². The van der Waals surface area contributed by atoms with Gasteiger partial charge in [0.05, 0.1) is 11.6 Å². The Morgan fingerprint density at radius 2 is 2.00 bits per heavy atom. The smallest absolute Gasteiger partial charge is 0.280 e. The van der Waals surface area contributed by atoms with Gasteiger partial charge in [-0.2, -0.15) is 0 Å². The Balaban J connectivity index is 2.50. The fraction of sp³-hybridized carbons (Fsp3) is 0.438. The van der Waals surface area contributed by atoms with Crippen molar-refractivity contribution >= 4 is 16.6 Å². The molecule has 2 rings (SSSR count). The Labute approximate surface area is 123 Å². The number of benzene rings is 1. The third kappa shape index (κ3) is 3.80. The second-order valence-corrected chi connectivity index (χ2v) is 5.17. The molecule has 0 fully saturated rings. The molecule has 5 heteroatoms. The van der Waals surface area contributed by atoms with Crippen molar-refractivity contribution in [2.75, 3.05) is 11.9 Å². The zero-order chi connectivity index (χ0) is 15.4. The first kappa shape index (κ1) is 15.5. The highest BCUT2D eigenvalue weighted by atomic mass is 19.3. The Kier molecular flexibility index (Phi) is 4.94. The number of aromatic nitrogens is 1. The van der Waals surface area contributed by atoms with Crippen molar-refractivity contribution in [2.45, 2.75) is 39.7 Å². The first-order chi connectivity index (χ1) is 10.0. The molecule has 0 amide bonds. The molecule has 0 unspecified atom stereocenters. The summed E-state index contributed by atoms with van der Waals surface area (Å²) in [6.07, 6.45) is -1.61. The maximum Gasteiger partial charge on any atom is 0.280 e. The van der Waals surface area contributed by atoms with E-state index in [4.69, 9.17) is 4.74 Å². The van der Waals surface area contributed by atoms with Crippen molar-refractivity contribution < 1.29 is 13.5 Å². The van der Waals surface area contributed by atoms with E-state index in [0.29, 0.717) is 17.0 Å². The number of pyridine rings is 1. The SMILES string of the molecule is CCCNc1cc(C(F)F)nc2ccc(OC(C)C)cc12. The van der Waals surface area contributed by atoms with Crippen LogP contribution in [0.15, 0.2) is 24.3 Å². The van der Waals surface area contributed by atoms with E-state index in [0.717, 1.165) is 18.4 Å². The zero-order valence-electron chi connectivity index (χ0n) is 12.5. The number of anilines is 1. The number of halogens is 2. The third-order valence-electron chi connectivity index (χ3n) is 2.96. The van der Waals surface area contributed by atoms with Crippen LogP contribution in [0.25, 0.3) is 10.9 Å². The van der Waals surface area contributed by atoms with Crippen molar-refractivity contribution in [1.82, 2.24) is 4.98 Å². The molecule has 2 aromatic rings. The zero-order valence-corrected chi connectivity index (χ0v) is 12.5. The Morgan fingerprint density at radius 3 is 2.62 bits per heavy atom. The quantitative estimate of drug-likeness (QED) is 0.832. The number of nitrogens with zero attached hydrogens (tertiary/aromatic N) is 1. The normalized spacial score (nSPS) is 11.4. The second kappa shape index (κ2) is 6.70. The molecular weight excluding hydrogens is 274 g/mol. The molecule has 114 valence electrons. The lowest BCUT2D eigenvalue weighted by atomic mass is 10.1.